The predicted octanol–water partition coefficient (Wildman–Crippen LogP) is 2.14. The van der Waals surface area contributed by atoms with E-state index in [1.165, 1.54) is 11.3 Å². The van der Waals surface area contributed by atoms with Crippen LogP contribution in [0.3, 0.4) is 0 Å². The first kappa shape index (κ1) is 20.3. The van der Waals surface area contributed by atoms with Gasteiger partial charge in [-0.2, -0.15) is 0 Å². The SMILES string of the molecule is Cl.NCCN1CCN(c2ccncc2NCc2ccc3nccnc3c2)CC1. The van der Waals surface area contributed by atoms with Crippen LogP contribution in [0.5, 0.6) is 0 Å². The van der Waals surface area contributed by atoms with Crippen molar-refractivity contribution >= 4 is 34.8 Å². The van der Waals surface area contributed by atoms with Crippen molar-refractivity contribution in [2.45, 2.75) is 6.54 Å². The fourth-order valence-corrected chi connectivity index (χ4v) is 3.51. The van der Waals surface area contributed by atoms with Crippen molar-refractivity contribution in [3.8, 4) is 0 Å². The Bertz CT molecular complexity index is 896. The highest BCUT2D eigenvalue weighted by Gasteiger charge is 2.18. The summed E-state index contributed by atoms with van der Waals surface area (Å²) in [4.78, 5) is 17.9. The van der Waals surface area contributed by atoms with Gasteiger partial charge < -0.3 is 16.0 Å². The normalized spacial score (nSPS) is 14.7. The lowest BCUT2D eigenvalue weighted by Gasteiger charge is -2.36. The summed E-state index contributed by atoms with van der Waals surface area (Å²) < 4.78 is 0. The first-order valence-electron chi connectivity index (χ1n) is 9.38. The molecule has 0 aliphatic carbocycles. The van der Waals surface area contributed by atoms with Gasteiger partial charge in [0.2, 0.25) is 0 Å². The van der Waals surface area contributed by atoms with Gasteiger partial charge in [-0.25, -0.2) is 0 Å². The van der Waals surface area contributed by atoms with E-state index in [1.54, 1.807) is 12.4 Å². The Kier molecular flexibility index (Phi) is 6.97. The summed E-state index contributed by atoms with van der Waals surface area (Å²) in [6.45, 7) is 6.51. The molecule has 28 heavy (non-hydrogen) atoms. The van der Waals surface area contributed by atoms with E-state index in [-0.39, 0.29) is 12.4 Å². The number of nitrogens with two attached hydrogens (primary N) is 1. The fraction of sp³-hybridized carbons (Fsp3) is 0.350. The van der Waals surface area contributed by atoms with E-state index in [1.807, 2.05) is 18.5 Å². The largest absolute Gasteiger partial charge is 0.378 e. The summed E-state index contributed by atoms with van der Waals surface area (Å²) in [7, 11) is 0. The molecule has 0 spiro atoms. The summed E-state index contributed by atoms with van der Waals surface area (Å²) in [6.07, 6.45) is 7.21. The summed E-state index contributed by atoms with van der Waals surface area (Å²) >= 11 is 0. The molecule has 1 saturated heterocycles. The third-order valence-corrected chi connectivity index (χ3v) is 4.97. The van der Waals surface area contributed by atoms with Crippen LogP contribution in [-0.2, 0) is 6.54 Å². The van der Waals surface area contributed by atoms with Gasteiger partial charge in [0.1, 0.15) is 0 Å². The van der Waals surface area contributed by atoms with Gasteiger partial charge in [0.05, 0.1) is 28.6 Å². The monoisotopic (exact) mass is 399 g/mol. The van der Waals surface area contributed by atoms with E-state index in [4.69, 9.17) is 5.73 Å². The molecular formula is C20H26ClN7. The van der Waals surface area contributed by atoms with Gasteiger partial charge >= 0.3 is 0 Å². The minimum atomic E-state index is 0. The van der Waals surface area contributed by atoms with Crippen molar-refractivity contribution in [1.29, 1.82) is 0 Å². The third kappa shape index (κ3) is 4.67. The summed E-state index contributed by atoms with van der Waals surface area (Å²) in [6, 6.07) is 8.27. The second-order valence-corrected chi connectivity index (χ2v) is 6.74. The maximum Gasteiger partial charge on any atom is 0.0890 e. The van der Waals surface area contributed by atoms with Gasteiger partial charge in [-0.3, -0.25) is 19.9 Å². The first-order chi connectivity index (χ1) is 13.3. The highest BCUT2D eigenvalue weighted by molar-refractivity contribution is 5.85. The topological polar surface area (TPSA) is 83.2 Å². The van der Waals surface area contributed by atoms with Crippen LogP contribution in [0.4, 0.5) is 11.4 Å². The maximum absolute atomic E-state index is 5.68. The van der Waals surface area contributed by atoms with E-state index in [9.17, 15) is 0 Å². The first-order valence-corrected chi connectivity index (χ1v) is 9.38. The molecule has 1 aliphatic heterocycles. The number of hydrogen-bond donors (Lipinski definition) is 2. The molecule has 1 aliphatic rings. The van der Waals surface area contributed by atoms with Crippen LogP contribution >= 0.6 is 12.4 Å². The number of fused-ring (bicyclic) bond motifs is 1. The average molecular weight is 400 g/mol. The van der Waals surface area contributed by atoms with Gasteiger partial charge in [-0.1, -0.05) is 6.07 Å². The Morgan fingerprint density at radius 1 is 0.964 bits per heavy atom. The molecule has 0 saturated carbocycles. The minimum Gasteiger partial charge on any atom is -0.378 e. The molecule has 3 aromatic rings. The van der Waals surface area contributed by atoms with Crippen LogP contribution in [-0.4, -0.2) is 59.1 Å². The number of benzene rings is 1. The Labute approximate surface area is 171 Å². The number of anilines is 2. The molecule has 3 N–H and O–H groups in total. The summed E-state index contributed by atoms with van der Waals surface area (Å²) in [5, 5.41) is 3.54. The van der Waals surface area contributed by atoms with E-state index in [0.29, 0.717) is 0 Å². The molecule has 1 aromatic carbocycles. The van der Waals surface area contributed by atoms with E-state index >= 15 is 0 Å². The van der Waals surface area contributed by atoms with Crippen molar-refractivity contribution < 1.29 is 0 Å². The van der Waals surface area contributed by atoms with Gasteiger partial charge in [0, 0.05) is 64.4 Å². The Hall–Kier alpha value is -2.48. The molecule has 0 unspecified atom stereocenters. The van der Waals surface area contributed by atoms with Crippen molar-refractivity contribution in [3.63, 3.8) is 0 Å². The molecule has 2 aromatic heterocycles. The van der Waals surface area contributed by atoms with Gasteiger partial charge in [-0.15, -0.1) is 12.4 Å². The smallest absolute Gasteiger partial charge is 0.0890 e. The quantitative estimate of drug-likeness (QED) is 0.657. The zero-order valence-electron chi connectivity index (χ0n) is 15.8. The van der Waals surface area contributed by atoms with Crippen LogP contribution in [0, 0.1) is 0 Å². The number of piperazine rings is 1. The molecule has 0 amide bonds. The van der Waals surface area contributed by atoms with Crippen LogP contribution in [0.15, 0.2) is 49.1 Å². The lowest BCUT2D eigenvalue weighted by molar-refractivity contribution is 0.265. The highest BCUT2D eigenvalue weighted by atomic mass is 35.5. The third-order valence-electron chi connectivity index (χ3n) is 4.97. The van der Waals surface area contributed by atoms with Crippen molar-refractivity contribution in [2.24, 2.45) is 5.73 Å². The Balaban J connectivity index is 0.00000225. The average Bonchev–Trinajstić information content (AvgIpc) is 2.73. The van der Waals surface area contributed by atoms with Crippen LogP contribution in [0.25, 0.3) is 11.0 Å². The molecule has 8 heteroatoms. The summed E-state index contributed by atoms with van der Waals surface area (Å²) in [5.41, 5.74) is 10.9. The van der Waals surface area contributed by atoms with Crippen LogP contribution in [0.2, 0.25) is 0 Å². The minimum absolute atomic E-state index is 0. The molecule has 3 heterocycles. The molecule has 0 radical (unpaired) electrons. The molecule has 4 rings (SSSR count). The van der Waals surface area contributed by atoms with Gasteiger partial charge in [0.15, 0.2) is 0 Å². The lowest BCUT2D eigenvalue weighted by Crippen LogP contribution is -2.47. The number of hydrogen-bond acceptors (Lipinski definition) is 7. The van der Waals surface area contributed by atoms with Gasteiger partial charge in [0.25, 0.3) is 0 Å². The second kappa shape index (κ2) is 9.64. The molecular weight excluding hydrogens is 374 g/mol. The molecule has 0 bridgehead atoms. The van der Waals surface area contributed by atoms with Crippen LogP contribution in [0.1, 0.15) is 5.56 Å². The fourth-order valence-electron chi connectivity index (χ4n) is 3.51. The van der Waals surface area contributed by atoms with Crippen molar-refractivity contribution in [1.82, 2.24) is 19.9 Å². The molecule has 1 fully saturated rings. The maximum atomic E-state index is 5.68. The van der Waals surface area contributed by atoms with E-state index < -0.39 is 0 Å². The molecule has 148 valence electrons. The van der Waals surface area contributed by atoms with Crippen LogP contribution < -0.4 is 16.0 Å². The standard InChI is InChI=1S/C20H25N7.ClH/c21-4-8-26-9-11-27(12-10-26)20-3-5-22-15-19(20)25-14-16-1-2-17-18(13-16)24-7-6-23-17;/h1-3,5-7,13,15,25H,4,8-12,14,21H2;1H. The van der Waals surface area contributed by atoms with E-state index in [2.05, 4.69) is 48.3 Å². The highest BCUT2D eigenvalue weighted by Crippen LogP contribution is 2.26. The zero-order chi connectivity index (χ0) is 18.5. The molecule has 0 atom stereocenters. The number of pyridine rings is 1. The van der Waals surface area contributed by atoms with Crippen molar-refractivity contribution in [3.05, 3.63) is 54.6 Å². The number of nitrogens with one attached hydrogen (secondary N) is 1. The number of nitrogens with zero attached hydrogens (tertiary/aromatic N) is 5. The Morgan fingerprint density at radius 3 is 2.54 bits per heavy atom. The predicted molar refractivity (Wildman–Crippen MR) is 116 cm³/mol. The van der Waals surface area contributed by atoms with Gasteiger partial charge in [-0.05, 0) is 23.8 Å². The number of halogens is 1. The zero-order valence-corrected chi connectivity index (χ0v) is 16.6. The second-order valence-electron chi connectivity index (χ2n) is 6.74. The lowest BCUT2D eigenvalue weighted by atomic mass is 10.2. The summed E-state index contributed by atoms with van der Waals surface area (Å²) in [5.74, 6) is 0. The Morgan fingerprint density at radius 2 is 1.75 bits per heavy atom. The number of aromatic nitrogens is 3. The number of rotatable bonds is 6. The molecule has 7 nitrogen and oxygen atoms in total. The van der Waals surface area contributed by atoms with Crippen molar-refractivity contribution in [2.75, 3.05) is 49.5 Å². The van der Waals surface area contributed by atoms with E-state index in [0.717, 1.165) is 62.5 Å².